The summed E-state index contributed by atoms with van der Waals surface area (Å²) in [4.78, 5) is 6.51. The first-order valence-corrected chi connectivity index (χ1v) is 8.76. The lowest BCUT2D eigenvalue weighted by molar-refractivity contribution is 0.405. The molecule has 2 aromatic rings. The van der Waals surface area contributed by atoms with Gasteiger partial charge in [-0.1, -0.05) is 37.3 Å². The monoisotopic (exact) mass is 355 g/mol. The highest BCUT2D eigenvalue weighted by atomic mass is 16.5. The Morgan fingerprint density at radius 3 is 2.38 bits per heavy atom. The molecule has 0 saturated heterocycles. The number of guanidine groups is 1. The Bertz CT molecular complexity index is 713. The molecule has 0 saturated carbocycles. The maximum Gasteiger partial charge on any atom is 0.193 e. The largest absolute Gasteiger partial charge is 0.497 e. The molecule has 2 aromatic carbocycles. The SMILES string of the molecule is CN=C(NCC(C)c1ccccc1OC)N(C)Cc1ccc(OC)cc1. The Kier molecular flexibility index (Phi) is 7.33. The van der Waals surface area contributed by atoms with Gasteiger partial charge in [0.05, 0.1) is 14.2 Å². The van der Waals surface area contributed by atoms with Gasteiger partial charge in [0.15, 0.2) is 5.96 Å². The van der Waals surface area contributed by atoms with Gasteiger partial charge in [-0.15, -0.1) is 0 Å². The third-order valence-electron chi connectivity index (χ3n) is 4.39. The van der Waals surface area contributed by atoms with Crippen LogP contribution in [-0.4, -0.2) is 45.7 Å². The molecule has 0 aliphatic rings. The van der Waals surface area contributed by atoms with E-state index in [1.807, 2.05) is 37.4 Å². The van der Waals surface area contributed by atoms with Gasteiger partial charge >= 0.3 is 0 Å². The second kappa shape index (κ2) is 9.70. The molecule has 5 heteroatoms. The van der Waals surface area contributed by atoms with Crippen molar-refractivity contribution in [2.45, 2.75) is 19.4 Å². The zero-order valence-electron chi connectivity index (χ0n) is 16.3. The first kappa shape index (κ1) is 19.6. The Hall–Kier alpha value is -2.69. The van der Waals surface area contributed by atoms with Crippen molar-refractivity contribution in [3.05, 3.63) is 59.7 Å². The minimum absolute atomic E-state index is 0.303. The van der Waals surface area contributed by atoms with Gasteiger partial charge in [-0.05, 0) is 29.3 Å². The van der Waals surface area contributed by atoms with Crippen LogP contribution in [0.4, 0.5) is 0 Å². The number of nitrogens with zero attached hydrogens (tertiary/aromatic N) is 2. The van der Waals surface area contributed by atoms with E-state index in [-0.39, 0.29) is 0 Å². The lowest BCUT2D eigenvalue weighted by atomic mass is 10.0. The predicted octanol–water partition coefficient (Wildman–Crippen LogP) is 3.51. The molecule has 0 radical (unpaired) electrons. The van der Waals surface area contributed by atoms with Crippen LogP contribution in [0.2, 0.25) is 0 Å². The number of benzene rings is 2. The molecule has 1 atom stereocenters. The van der Waals surface area contributed by atoms with Gasteiger partial charge in [0.1, 0.15) is 11.5 Å². The van der Waals surface area contributed by atoms with E-state index in [0.717, 1.165) is 30.5 Å². The van der Waals surface area contributed by atoms with Gasteiger partial charge in [-0.2, -0.15) is 0 Å². The smallest absolute Gasteiger partial charge is 0.193 e. The summed E-state index contributed by atoms with van der Waals surface area (Å²) in [6.45, 7) is 3.73. The second-order valence-electron chi connectivity index (χ2n) is 6.28. The van der Waals surface area contributed by atoms with Crippen molar-refractivity contribution in [1.29, 1.82) is 0 Å². The molecular weight excluding hydrogens is 326 g/mol. The highest BCUT2D eigenvalue weighted by molar-refractivity contribution is 5.79. The summed E-state index contributed by atoms with van der Waals surface area (Å²) in [5.74, 6) is 2.95. The second-order valence-corrected chi connectivity index (χ2v) is 6.28. The van der Waals surface area contributed by atoms with Crippen molar-refractivity contribution in [2.75, 3.05) is 34.9 Å². The summed E-state index contributed by atoms with van der Waals surface area (Å²) in [6, 6.07) is 16.2. The number of nitrogens with one attached hydrogen (secondary N) is 1. The summed E-state index contributed by atoms with van der Waals surface area (Å²) in [5.41, 5.74) is 2.39. The van der Waals surface area contributed by atoms with Gasteiger partial charge in [-0.3, -0.25) is 4.99 Å². The molecule has 0 aliphatic carbocycles. The van der Waals surface area contributed by atoms with Crippen molar-refractivity contribution < 1.29 is 9.47 Å². The first-order valence-electron chi connectivity index (χ1n) is 8.76. The quantitative estimate of drug-likeness (QED) is 0.610. The standard InChI is InChI=1S/C21H29N3O2/c1-16(19-8-6-7-9-20(19)26-5)14-23-21(22-2)24(3)15-17-10-12-18(25-4)13-11-17/h6-13,16H,14-15H2,1-5H3,(H,22,23). The van der Waals surface area contributed by atoms with E-state index >= 15 is 0 Å². The van der Waals surface area contributed by atoms with Crippen LogP contribution in [0.3, 0.4) is 0 Å². The normalized spacial score (nSPS) is 12.4. The van der Waals surface area contributed by atoms with Crippen molar-refractivity contribution in [3.8, 4) is 11.5 Å². The van der Waals surface area contributed by atoms with Crippen molar-refractivity contribution in [2.24, 2.45) is 4.99 Å². The van der Waals surface area contributed by atoms with E-state index in [0.29, 0.717) is 5.92 Å². The fourth-order valence-electron chi connectivity index (χ4n) is 2.89. The van der Waals surface area contributed by atoms with Gasteiger partial charge in [0.2, 0.25) is 0 Å². The van der Waals surface area contributed by atoms with Crippen molar-refractivity contribution in [1.82, 2.24) is 10.2 Å². The maximum absolute atomic E-state index is 5.47. The lowest BCUT2D eigenvalue weighted by Crippen LogP contribution is -2.40. The fourth-order valence-corrected chi connectivity index (χ4v) is 2.89. The molecule has 26 heavy (non-hydrogen) atoms. The molecule has 2 rings (SSSR count). The molecule has 0 aliphatic heterocycles. The average molecular weight is 355 g/mol. The highest BCUT2D eigenvalue weighted by Crippen LogP contribution is 2.25. The minimum Gasteiger partial charge on any atom is -0.497 e. The third-order valence-corrected chi connectivity index (χ3v) is 4.39. The topological polar surface area (TPSA) is 46.1 Å². The van der Waals surface area contributed by atoms with E-state index in [1.165, 1.54) is 11.1 Å². The summed E-state index contributed by atoms with van der Waals surface area (Å²) >= 11 is 0. The van der Waals surface area contributed by atoms with E-state index in [1.54, 1.807) is 21.3 Å². The van der Waals surface area contributed by atoms with Gasteiger partial charge in [0, 0.05) is 33.1 Å². The van der Waals surface area contributed by atoms with E-state index < -0.39 is 0 Å². The first-order chi connectivity index (χ1) is 12.6. The van der Waals surface area contributed by atoms with Crippen molar-refractivity contribution in [3.63, 3.8) is 0 Å². The van der Waals surface area contributed by atoms with Gasteiger partial charge in [-0.25, -0.2) is 0 Å². The average Bonchev–Trinajstić information content (AvgIpc) is 2.68. The molecule has 0 aromatic heterocycles. The molecule has 0 spiro atoms. The van der Waals surface area contributed by atoms with Gasteiger partial charge < -0.3 is 19.7 Å². The Balaban J connectivity index is 1.95. The lowest BCUT2D eigenvalue weighted by Gasteiger charge is -2.24. The Labute approximate surface area is 156 Å². The number of para-hydroxylation sites is 1. The molecular formula is C21H29N3O2. The molecule has 1 unspecified atom stereocenters. The molecule has 1 N–H and O–H groups in total. The Morgan fingerprint density at radius 1 is 1.08 bits per heavy atom. The maximum atomic E-state index is 5.47. The highest BCUT2D eigenvalue weighted by Gasteiger charge is 2.13. The number of hydrogen-bond acceptors (Lipinski definition) is 3. The molecule has 0 bridgehead atoms. The summed E-state index contributed by atoms with van der Waals surface area (Å²) in [7, 11) is 7.23. The zero-order valence-corrected chi connectivity index (χ0v) is 16.3. The van der Waals surface area contributed by atoms with Crippen LogP contribution in [0.1, 0.15) is 24.0 Å². The number of aliphatic imine (C=N–C) groups is 1. The van der Waals surface area contributed by atoms with E-state index in [2.05, 4.69) is 40.3 Å². The van der Waals surface area contributed by atoms with Crippen molar-refractivity contribution >= 4 is 5.96 Å². The van der Waals surface area contributed by atoms with E-state index in [4.69, 9.17) is 9.47 Å². The van der Waals surface area contributed by atoms with Crippen LogP contribution in [0.15, 0.2) is 53.5 Å². The number of hydrogen-bond donors (Lipinski definition) is 1. The molecule has 0 fully saturated rings. The minimum atomic E-state index is 0.303. The van der Waals surface area contributed by atoms with Gasteiger partial charge in [0.25, 0.3) is 0 Å². The summed E-state index contributed by atoms with van der Waals surface area (Å²) in [5, 5.41) is 3.46. The number of methoxy groups -OCH3 is 2. The van der Waals surface area contributed by atoms with Crippen LogP contribution >= 0.6 is 0 Å². The van der Waals surface area contributed by atoms with Crippen LogP contribution in [0.5, 0.6) is 11.5 Å². The third kappa shape index (κ3) is 5.15. The molecule has 0 heterocycles. The van der Waals surface area contributed by atoms with Crippen LogP contribution in [0, 0.1) is 0 Å². The van der Waals surface area contributed by atoms with Crippen LogP contribution in [0.25, 0.3) is 0 Å². The fraction of sp³-hybridized carbons (Fsp3) is 0.381. The predicted molar refractivity (Wildman–Crippen MR) is 107 cm³/mol. The molecule has 5 nitrogen and oxygen atoms in total. The Morgan fingerprint density at radius 2 is 1.77 bits per heavy atom. The van der Waals surface area contributed by atoms with Crippen LogP contribution < -0.4 is 14.8 Å². The van der Waals surface area contributed by atoms with Crippen LogP contribution in [-0.2, 0) is 6.54 Å². The molecule has 140 valence electrons. The summed E-state index contributed by atoms with van der Waals surface area (Å²) < 4.78 is 10.7. The molecule has 0 amide bonds. The zero-order chi connectivity index (χ0) is 18.9. The number of ether oxygens (including phenoxy) is 2. The summed E-state index contributed by atoms with van der Waals surface area (Å²) in [6.07, 6.45) is 0. The van der Waals surface area contributed by atoms with E-state index in [9.17, 15) is 0 Å². The number of rotatable bonds is 7.